The van der Waals surface area contributed by atoms with Crippen LogP contribution in [0.25, 0.3) is 0 Å². The summed E-state index contributed by atoms with van der Waals surface area (Å²) in [4.78, 5) is 0. The molecule has 0 amide bonds. The summed E-state index contributed by atoms with van der Waals surface area (Å²) in [5.41, 5.74) is 3.03. The van der Waals surface area contributed by atoms with Gasteiger partial charge in [-0.2, -0.15) is 0 Å². The van der Waals surface area contributed by atoms with Gasteiger partial charge in [0.15, 0.2) is 0 Å². The van der Waals surface area contributed by atoms with Gasteiger partial charge in [-0.05, 0) is 71.0 Å². The molecule has 8 unspecified atom stereocenters. The predicted octanol–water partition coefficient (Wildman–Crippen LogP) is 11.3. The van der Waals surface area contributed by atoms with Crippen LogP contribution in [0.5, 0.6) is 0 Å². The Balaban J connectivity index is 0.000000213. The molecule has 0 saturated heterocycles. The van der Waals surface area contributed by atoms with Crippen molar-refractivity contribution in [3.8, 4) is 0 Å². The molecule has 0 heteroatoms. The van der Waals surface area contributed by atoms with Crippen molar-refractivity contribution in [2.24, 2.45) is 45.3 Å². The maximum Gasteiger partial charge on any atom is -0.0297 e. The van der Waals surface area contributed by atoms with Crippen LogP contribution in [0.3, 0.4) is 0 Å². The molecule has 0 aliphatic heterocycles. The molecule has 0 nitrogen and oxygen atoms in total. The monoisotopic (exact) mass is 449 g/mol. The highest BCUT2D eigenvalue weighted by Crippen LogP contribution is 2.58. The smallest absolute Gasteiger partial charge is 0.0297 e. The molecule has 4 aliphatic rings. The lowest BCUT2D eigenvalue weighted by Gasteiger charge is -2.03. The average molecular weight is 449 g/mol. The summed E-state index contributed by atoms with van der Waals surface area (Å²) in [5, 5.41) is 0. The molecular weight excluding hydrogens is 384 g/mol. The zero-order valence-electron chi connectivity index (χ0n) is 24.8. The molecule has 192 valence electrons. The van der Waals surface area contributed by atoms with Gasteiger partial charge in [0.05, 0.1) is 0 Å². The van der Waals surface area contributed by atoms with Crippen LogP contribution in [0.1, 0.15) is 160 Å². The number of hydrogen-bond donors (Lipinski definition) is 0. The van der Waals surface area contributed by atoms with E-state index in [9.17, 15) is 0 Å². The highest BCUT2D eigenvalue weighted by atomic mass is 14.5. The fourth-order valence-corrected chi connectivity index (χ4v) is 6.30. The molecule has 4 fully saturated rings. The molecular formula is C32H64. The van der Waals surface area contributed by atoms with Crippen LogP contribution >= 0.6 is 0 Å². The van der Waals surface area contributed by atoms with Crippen LogP contribution in [0.15, 0.2) is 0 Å². The standard InChI is InChI=1S/4C8H16/c4*1-4-7-6-8(7,3)5-2/h4*7H,4-6H2,1-3H3. The summed E-state index contributed by atoms with van der Waals surface area (Å²) < 4.78 is 0. The fraction of sp³-hybridized carbons (Fsp3) is 1.00. The molecule has 4 aliphatic carbocycles. The van der Waals surface area contributed by atoms with Gasteiger partial charge in [-0.1, -0.05) is 134 Å². The summed E-state index contributed by atoms with van der Waals surface area (Å²) in [6.07, 6.45) is 17.0. The van der Waals surface area contributed by atoms with Gasteiger partial charge in [0.2, 0.25) is 0 Å². The van der Waals surface area contributed by atoms with Gasteiger partial charge in [0, 0.05) is 0 Å². The van der Waals surface area contributed by atoms with E-state index in [4.69, 9.17) is 0 Å². The molecule has 0 radical (unpaired) electrons. The van der Waals surface area contributed by atoms with Crippen molar-refractivity contribution in [3.05, 3.63) is 0 Å². The van der Waals surface area contributed by atoms with E-state index in [1.165, 1.54) is 77.0 Å². The van der Waals surface area contributed by atoms with Gasteiger partial charge >= 0.3 is 0 Å². The lowest BCUT2D eigenvalue weighted by atomic mass is 10.0. The SMILES string of the molecule is CCC1CC1(C)CC.CCC1CC1(C)CC.CCC1CC1(C)CC.CCC1CC1(C)CC. The van der Waals surface area contributed by atoms with Gasteiger partial charge in [0.1, 0.15) is 0 Å². The molecule has 0 spiro atoms. The van der Waals surface area contributed by atoms with Gasteiger partial charge in [-0.15, -0.1) is 0 Å². The van der Waals surface area contributed by atoms with Crippen LogP contribution < -0.4 is 0 Å². The molecule has 4 rings (SSSR count). The quantitative estimate of drug-likeness (QED) is 0.346. The summed E-state index contributed by atoms with van der Waals surface area (Å²) >= 11 is 0. The van der Waals surface area contributed by atoms with Crippen LogP contribution in [-0.2, 0) is 0 Å². The van der Waals surface area contributed by atoms with E-state index in [-0.39, 0.29) is 0 Å². The zero-order valence-corrected chi connectivity index (χ0v) is 24.8. The topological polar surface area (TPSA) is 0 Å². The van der Waals surface area contributed by atoms with E-state index in [1.54, 1.807) is 0 Å². The number of hydrogen-bond acceptors (Lipinski definition) is 0. The van der Waals surface area contributed by atoms with Crippen LogP contribution in [0.4, 0.5) is 0 Å². The summed E-state index contributed by atoms with van der Waals surface area (Å²) in [5.74, 6) is 4.25. The largest absolute Gasteiger partial charge is 0.0651 e. The maximum absolute atomic E-state index is 2.40. The van der Waals surface area contributed by atoms with Crippen molar-refractivity contribution in [2.45, 2.75) is 160 Å². The summed E-state index contributed by atoms with van der Waals surface area (Å²) in [7, 11) is 0. The third-order valence-corrected chi connectivity index (χ3v) is 11.4. The Morgan fingerprint density at radius 2 is 0.531 bits per heavy atom. The first-order valence-corrected chi connectivity index (χ1v) is 14.9. The van der Waals surface area contributed by atoms with Crippen LogP contribution in [0.2, 0.25) is 0 Å². The molecule has 8 atom stereocenters. The van der Waals surface area contributed by atoms with Gasteiger partial charge in [-0.25, -0.2) is 0 Å². The van der Waals surface area contributed by atoms with Crippen LogP contribution in [-0.4, -0.2) is 0 Å². The second-order valence-corrected chi connectivity index (χ2v) is 13.3. The summed E-state index contributed by atoms with van der Waals surface area (Å²) in [6, 6.07) is 0. The Morgan fingerprint density at radius 3 is 0.562 bits per heavy atom. The zero-order chi connectivity index (χ0) is 24.8. The normalized spacial score (nSPS) is 44.6. The minimum atomic E-state index is 0.759. The molecule has 0 N–H and O–H groups in total. The minimum Gasteiger partial charge on any atom is -0.0651 e. The fourth-order valence-electron chi connectivity index (χ4n) is 6.30. The van der Waals surface area contributed by atoms with E-state index in [0.29, 0.717) is 0 Å². The number of rotatable bonds is 8. The van der Waals surface area contributed by atoms with E-state index in [2.05, 4.69) is 83.1 Å². The molecule has 0 bridgehead atoms. The highest BCUT2D eigenvalue weighted by molar-refractivity contribution is 4.98. The van der Waals surface area contributed by atoms with E-state index in [0.717, 1.165) is 45.3 Å². The average Bonchev–Trinajstić information content (AvgIpc) is 3.71. The van der Waals surface area contributed by atoms with Crippen molar-refractivity contribution in [2.75, 3.05) is 0 Å². The van der Waals surface area contributed by atoms with Crippen molar-refractivity contribution in [3.63, 3.8) is 0 Å². The predicted molar refractivity (Wildman–Crippen MR) is 147 cm³/mol. The Morgan fingerprint density at radius 1 is 0.375 bits per heavy atom. The van der Waals surface area contributed by atoms with Crippen molar-refractivity contribution in [1.29, 1.82) is 0 Å². The summed E-state index contributed by atoms with van der Waals surface area (Å²) in [6.45, 7) is 28.0. The maximum atomic E-state index is 2.40. The van der Waals surface area contributed by atoms with E-state index >= 15 is 0 Å². The van der Waals surface area contributed by atoms with E-state index in [1.807, 2.05) is 0 Å². The first-order valence-electron chi connectivity index (χ1n) is 14.9. The van der Waals surface area contributed by atoms with E-state index < -0.39 is 0 Å². The van der Waals surface area contributed by atoms with Gasteiger partial charge in [-0.3, -0.25) is 0 Å². The molecule has 0 heterocycles. The highest BCUT2D eigenvalue weighted by Gasteiger charge is 2.48. The first kappa shape index (κ1) is 30.0. The van der Waals surface area contributed by atoms with Crippen molar-refractivity contribution in [1.82, 2.24) is 0 Å². The van der Waals surface area contributed by atoms with Crippen molar-refractivity contribution < 1.29 is 0 Å². The molecule has 0 aromatic heterocycles. The third kappa shape index (κ3) is 8.05. The molecule has 0 aromatic rings. The first-order chi connectivity index (χ1) is 14.9. The Hall–Kier alpha value is 0. The Bertz CT molecular complexity index is 440. The molecule has 32 heavy (non-hydrogen) atoms. The second kappa shape index (κ2) is 12.1. The second-order valence-electron chi connectivity index (χ2n) is 13.3. The van der Waals surface area contributed by atoms with Gasteiger partial charge < -0.3 is 0 Å². The lowest BCUT2D eigenvalue weighted by molar-refractivity contribution is 0.478. The van der Waals surface area contributed by atoms with Gasteiger partial charge in [0.25, 0.3) is 0 Å². The Kier molecular flexibility index (Phi) is 11.4. The molecule has 4 saturated carbocycles. The minimum absolute atomic E-state index is 0.759. The van der Waals surface area contributed by atoms with Crippen molar-refractivity contribution >= 4 is 0 Å². The van der Waals surface area contributed by atoms with Crippen LogP contribution in [0, 0.1) is 45.3 Å². The lowest BCUT2D eigenvalue weighted by Crippen LogP contribution is -1.92. The molecule has 0 aromatic carbocycles. The Labute approximate surface area is 205 Å². The third-order valence-electron chi connectivity index (χ3n) is 11.4.